The number of anilines is 1. The second-order valence-corrected chi connectivity index (χ2v) is 10.1. The Morgan fingerprint density at radius 2 is 1.90 bits per heavy atom. The molecule has 1 N–H and O–H groups in total. The van der Waals surface area contributed by atoms with Crippen molar-refractivity contribution in [2.24, 2.45) is 0 Å². The van der Waals surface area contributed by atoms with Gasteiger partial charge in [0.05, 0.1) is 4.92 Å². The number of thiophene rings is 1. The van der Waals surface area contributed by atoms with E-state index in [2.05, 4.69) is 5.32 Å². The number of nitro benzene ring substituents is 1. The van der Waals surface area contributed by atoms with Gasteiger partial charge in [0.15, 0.2) is 6.61 Å². The number of hydrogen-bond donors (Lipinski definition) is 1. The molecule has 2 aromatic rings. The Balaban J connectivity index is 1.66. The molecule has 160 valence electrons. The minimum Gasteiger partial charge on any atom is -0.451 e. The Morgan fingerprint density at radius 3 is 2.60 bits per heavy atom. The average molecular weight is 472 g/mol. The van der Waals surface area contributed by atoms with Gasteiger partial charge in [0, 0.05) is 30.7 Å². The lowest BCUT2D eigenvalue weighted by atomic mass is 10.2. The molecule has 1 saturated heterocycles. The van der Waals surface area contributed by atoms with Crippen molar-refractivity contribution < 1.29 is 27.7 Å². The second-order valence-electron chi connectivity index (χ2n) is 6.03. The lowest BCUT2D eigenvalue weighted by Gasteiger charge is -2.25. The molecule has 0 radical (unpaired) electrons. The molecule has 1 aromatic heterocycles. The summed E-state index contributed by atoms with van der Waals surface area (Å²) in [7, 11) is -3.84. The van der Waals surface area contributed by atoms with E-state index in [1.54, 1.807) is 11.8 Å². The summed E-state index contributed by atoms with van der Waals surface area (Å²) in [6.45, 7) is -0.00614. The highest BCUT2D eigenvalue weighted by Crippen LogP contribution is 2.28. The average Bonchev–Trinajstić information content (AvgIpc) is 3.24. The number of ether oxygens (including phenoxy) is 1. The van der Waals surface area contributed by atoms with Crippen LogP contribution < -0.4 is 5.32 Å². The summed E-state index contributed by atoms with van der Waals surface area (Å²) >= 11 is 2.56. The summed E-state index contributed by atoms with van der Waals surface area (Å²) in [6.07, 6.45) is 0. The predicted octanol–water partition coefficient (Wildman–Crippen LogP) is 2.19. The van der Waals surface area contributed by atoms with Gasteiger partial charge in [-0.05, 0) is 17.5 Å². The summed E-state index contributed by atoms with van der Waals surface area (Å²) in [6, 6.07) is 6.87. The zero-order chi connectivity index (χ0) is 21.7. The number of nitrogens with zero attached hydrogens (tertiary/aromatic N) is 2. The molecule has 1 aliphatic rings. The highest BCUT2D eigenvalue weighted by atomic mass is 32.2. The number of nitro groups is 1. The van der Waals surface area contributed by atoms with E-state index >= 15 is 0 Å². The number of esters is 1. The van der Waals surface area contributed by atoms with Crippen LogP contribution in [0.3, 0.4) is 0 Å². The van der Waals surface area contributed by atoms with Crippen LogP contribution in [0.5, 0.6) is 0 Å². The van der Waals surface area contributed by atoms with Crippen LogP contribution in [0.4, 0.5) is 11.4 Å². The molecule has 30 heavy (non-hydrogen) atoms. The van der Waals surface area contributed by atoms with Gasteiger partial charge in [0.25, 0.3) is 11.6 Å². The second kappa shape index (κ2) is 9.55. The first-order chi connectivity index (χ1) is 14.3. The number of benzene rings is 1. The highest BCUT2D eigenvalue weighted by Gasteiger charge is 2.32. The molecule has 0 unspecified atom stereocenters. The third kappa shape index (κ3) is 4.98. The van der Waals surface area contributed by atoms with Crippen LogP contribution in [0, 0.1) is 10.1 Å². The lowest BCUT2D eigenvalue weighted by Crippen LogP contribution is -2.38. The quantitative estimate of drug-likeness (QED) is 0.369. The third-order valence-electron chi connectivity index (χ3n) is 4.11. The fourth-order valence-electron chi connectivity index (χ4n) is 2.70. The molecule has 1 fully saturated rings. The Hall–Kier alpha value is -2.48. The van der Waals surface area contributed by atoms with E-state index in [9.17, 15) is 28.1 Å². The summed E-state index contributed by atoms with van der Waals surface area (Å²) in [5.41, 5.74) is -0.339. The molecule has 3 rings (SSSR count). The van der Waals surface area contributed by atoms with E-state index in [0.717, 1.165) is 11.3 Å². The summed E-state index contributed by atoms with van der Waals surface area (Å²) in [4.78, 5) is 34.5. The minimum absolute atomic E-state index is 0.0362. The van der Waals surface area contributed by atoms with E-state index in [-0.39, 0.29) is 21.1 Å². The molecular weight excluding hydrogens is 454 g/mol. The first-order valence-electron chi connectivity index (χ1n) is 8.66. The van der Waals surface area contributed by atoms with E-state index in [1.807, 2.05) is 0 Å². The van der Waals surface area contributed by atoms with E-state index in [1.165, 1.54) is 40.0 Å². The maximum Gasteiger partial charge on any atom is 0.350 e. The fourth-order valence-corrected chi connectivity index (χ4v) is 6.56. The van der Waals surface area contributed by atoms with Gasteiger partial charge < -0.3 is 10.1 Å². The molecule has 0 spiro atoms. The van der Waals surface area contributed by atoms with Gasteiger partial charge in [-0.15, -0.1) is 11.3 Å². The zero-order valence-corrected chi connectivity index (χ0v) is 17.9. The number of nitrogens with one attached hydrogen (secondary N) is 1. The molecule has 0 bridgehead atoms. The van der Waals surface area contributed by atoms with Gasteiger partial charge in [-0.2, -0.15) is 16.1 Å². The molecule has 10 nitrogen and oxygen atoms in total. The number of amides is 1. The van der Waals surface area contributed by atoms with Gasteiger partial charge in [-0.3, -0.25) is 14.9 Å². The van der Waals surface area contributed by atoms with Crippen molar-refractivity contribution >= 4 is 56.4 Å². The Kier molecular flexibility index (Phi) is 7.07. The van der Waals surface area contributed by atoms with Crippen LogP contribution in [0.1, 0.15) is 9.67 Å². The van der Waals surface area contributed by atoms with E-state index < -0.39 is 33.4 Å². The molecule has 13 heteroatoms. The largest absolute Gasteiger partial charge is 0.451 e. The first-order valence-corrected chi connectivity index (χ1v) is 12.1. The standard InChI is InChI=1S/C17H17N3O7S3/c21-15(18-12-3-1-2-4-13(12)20(23)24)11-27-17(22)16-14(5-8-29-16)30(25,26)19-6-9-28-10-7-19/h1-5,8H,6-7,9-11H2,(H,18,21). The van der Waals surface area contributed by atoms with Crippen LogP contribution in [0.25, 0.3) is 0 Å². The summed E-state index contributed by atoms with van der Waals surface area (Å²) in [5.74, 6) is -0.386. The van der Waals surface area contributed by atoms with Crippen LogP contribution >= 0.6 is 23.1 Å². The smallest absolute Gasteiger partial charge is 0.350 e. The zero-order valence-electron chi connectivity index (χ0n) is 15.5. The molecule has 1 amide bonds. The Bertz CT molecular complexity index is 1060. The van der Waals surface area contributed by atoms with Gasteiger partial charge >= 0.3 is 5.97 Å². The van der Waals surface area contributed by atoms with Crippen LogP contribution in [0.15, 0.2) is 40.6 Å². The number of para-hydroxylation sites is 2. The number of sulfonamides is 1. The number of carbonyl (C=O) groups excluding carboxylic acids is 2. The summed E-state index contributed by atoms with van der Waals surface area (Å²) in [5, 5.41) is 14.8. The van der Waals surface area contributed by atoms with Crippen molar-refractivity contribution in [1.82, 2.24) is 4.31 Å². The van der Waals surface area contributed by atoms with Crippen LogP contribution in [-0.2, 0) is 19.6 Å². The van der Waals surface area contributed by atoms with Crippen LogP contribution in [0.2, 0.25) is 0 Å². The fraction of sp³-hybridized carbons (Fsp3) is 0.294. The third-order valence-corrected chi connectivity index (χ3v) is 8.02. The van der Waals surface area contributed by atoms with Crippen molar-refractivity contribution in [2.45, 2.75) is 4.90 Å². The highest BCUT2D eigenvalue weighted by molar-refractivity contribution is 7.99. The molecular formula is C17H17N3O7S3. The van der Waals surface area contributed by atoms with Crippen LogP contribution in [-0.4, -0.2) is 60.7 Å². The van der Waals surface area contributed by atoms with Crippen molar-refractivity contribution in [3.63, 3.8) is 0 Å². The minimum atomic E-state index is -3.84. The number of carbonyl (C=O) groups is 2. The number of rotatable bonds is 7. The molecule has 1 aromatic carbocycles. The van der Waals surface area contributed by atoms with Crippen molar-refractivity contribution in [1.29, 1.82) is 0 Å². The van der Waals surface area contributed by atoms with Gasteiger partial charge in [-0.25, -0.2) is 13.2 Å². The van der Waals surface area contributed by atoms with Crippen molar-refractivity contribution in [3.05, 3.63) is 50.7 Å². The maximum atomic E-state index is 12.8. The van der Waals surface area contributed by atoms with E-state index in [4.69, 9.17) is 4.74 Å². The number of thioether (sulfide) groups is 1. The Morgan fingerprint density at radius 1 is 1.20 bits per heavy atom. The molecule has 1 aliphatic heterocycles. The first kappa shape index (κ1) is 22.2. The molecule has 0 aliphatic carbocycles. The van der Waals surface area contributed by atoms with Gasteiger partial charge in [0.1, 0.15) is 15.5 Å². The van der Waals surface area contributed by atoms with E-state index in [0.29, 0.717) is 24.6 Å². The predicted molar refractivity (Wildman–Crippen MR) is 112 cm³/mol. The van der Waals surface area contributed by atoms with Crippen molar-refractivity contribution in [3.8, 4) is 0 Å². The SMILES string of the molecule is O=C(COC(=O)c1sccc1S(=O)(=O)N1CCSCC1)Nc1ccccc1[N+](=O)[O-]. The lowest BCUT2D eigenvalue weighted by molar-refractivity contribution is -0.383. The number of hydrogen-bond acceptors (Lipinski definition) is 9. The topological polar surface area (TPSA) is 136 Å². The maximum absolute atomic E-state index is 12.8. The van der Waals surface area contributed by atoms with Gasteiger partial charge in [0.2, 0.25) is 10.0 Å². The monoisotopic (exact) mass is 471 g/mol. The van der Waals surface area contributed by atoms with Gasteiger partial charge in [-0.1, -0.05) is 12.1 Å². The molecule has 0 atom stereocenters. The molecule has 0 saturated carbocycles. The molecule has 2 heterocycles. The normalized spacial score (nSPS) is 14.8. The Labute approximate surface area is 180 Å². The summed E-state index contributed by atoms with van der Waals surface area (Å²) < 4.78 is 31.9. The van der Waals surface area contributed by atoms with Crippen molar-refractivity contribution in [2.75, 3.05) is 36.5 Å².